The van der Waals surface area contributed by atoms with Crippen molar-refractivity contribution in [2.24, 2.45) is 0 Å². The monoisotopic (exact) mass is 442 g/mol. The van der Waals surface area contributed by atoms with E-state index in [4.69, 9.17) is 9.72 Å². The van der Waals surface area contributed by atoms with Gasteiger partial charge in [-0.25, -0.2) is 13.4 Å². The van der Waals surface area contributed by atoms with Crippen LogP contribution in [0.3, 0.4) is 0 Å². The van der Waals surface area contributed by atoms with Gasteiger partial charge >= 0.3 is 0 Å². The molecule has 1 saturated heterocycles. The van der Waals surface area contributed by atoms with E-state index in [9.17, 15) is 8.42 Å². The van der Waals surface area contributed by atoms with Gasteiger partial charge in [-0.2, -0.15) is 4.31 Å². The smallest absolute Gasteiger partial charge is 0.243 e. The van der Waals surface area contributed by atoms with Gasteiger partial charge in [0.1, 0.15) is 11.4 Å². The Morgan fingerprint density at radius 3 is 2.65 bits per heavy atom. The maximum atomic E-state index is 13.1. The molecule has 1 aliphatic heterocycles. The molecule has 1 aromatic carbocycles. The van der Waals surface area contributed by atoms with Crippen molar-refractivity contribution in [3.8, 4) is 5.75 Å². The number of piperidine rings is 1. The van der Waals surface area contributed by atoms with Gasteiger partial charge in [-0.1, -0.05) is 12.5 Å². The van der Waals surface area contributed by atoms with Gasteiger partial charge in [0.15, 0.2) is 0 Å². The van der Waals surface area contributed by atoms with E-state index in [-0.39, 0.29) is 6.10 Å². The molecule has 3 heterocycles. The number of rotatable bonds is 7. The number of ether oxygens (including phenoxy) is 1. The van der Waals surface area contributed by atoms with Crippen molar-refractivity contribution in [2.45, 2.75) is 57.6 Å². The Balaban J connectivity index is 1.61. The summed E-state index contributed by atoms with van der Waals surface area (Å²) in [7, 11) is -3.52. The number of nitrogens with zero attached hydrogens (tertiary/aromatic N) is 3. The topological polar surface area (TPSA) is 75.9 Å². The van der Waals surface area contributed by atoms with Gasteiger partial charge in [-0.05, 0) is 63.4 Å². The second kappa shape index (κ2) is 8.88. The molecular weight excluding hydrogens is 412 g/mol. The first-order valence-electron chi connectivity index (χ1n) is 10.8. The summed E-state index contributed by atoms with van der Waals surface area (Å²) in [4.78, 5) is 4.99. The third kappa shape index (κ3) is 4.70. The fourth-order valence-electron chi connectivity index (χ4n) is 3.89. The summed E-state index contributed by atoms with van der Waals surface area (Å²) in [5.74, 6) is 0.632. The zero-order chi connectivity index (χ0) is 22.0. The second-order valence-electron chi connectivity index (χ2n) is 8.30. The van der Waals surface area contributed by atoms with Crippen LogP contribution in [0, 0.1) is 6.92 Å². The lowest BCUT2D eigenvalue weighted by Gasteiger charge is -2.26. The van der Waals surface area contributed by atoms with E-state index in [0.29, 0.717) is 36.0 Å². The largest absolute Gasteiger partial charge is 0.489 e. The van der Waals surface area contributed by atoms with Crippen LogP contribution in [0.25, 0.3) is 5.65 Å². The standard InChI is InChI=1S/C23H30N4O3S/c1-17(2)30-22-10-9-20(31(28,29)27-12-5-4-6-13-27)14-21(22)24-15-19-16-26-11-7-8-18(3)23(26)25-19/h7-11,14,16-17,24H,4-6,12-13,15H2,1-3H3. The number of aryl methyl sites for hydroxylation is 1. The highest BCUT2D eigenvalue weighted by molar-refractivity contribution is 7.89. The lowest BCUT2D eigenvalue weighted by atomic mass is 10.2. The van der Waals surface area contributed by atoms with Crippen LogP contribution in [0.5, 0.6) is 5.75 Å². The highest BCUT2D eigenvalue weighted by Gasteiger charge is 2.27. The normalized spacial score (nSPS) is 15.5. The van der Waals surface area contributed by atoms with Gasteiger partial charge in [0.05, 0.1) is 28.9 Å². The predicted molar refractivity (Wildman–Crippen MR) is 122 cm³/mol. The predicted octanol–water partition coefficient (Wildman–Crippen LogP) is 4.22. The fourth-order valence-corrected chi connectivity index (χ4v) is 5.44. The number of nitrogens with one attached hydrogen (secondary N) is 1. The maximum absolute atomic E-state index is 13.1. The van der Waals surface area contributed by atoms with E-state index in [0.717, 1.165) is 36.2 Å². The molecule has 0 aliphatic carbocycles. The number of imidazole rings is 1. The average Bonchev–Trinajstić information content (AvgIpc) is 3.18. The molecule has 8 heteroatoms. The van der Waals surface area contributed by atoms with E-state index in [1.54, 1.807) is 22.5 Å². The Labute approximate surface area is 184 Å². The zero-order valence-corrected chi connectivity index (χ0v) is 19.2. The van der Waals surface area contributed by atoms with Gasteiger partial charge in [0, 0.05) is 25.5 Å². The minimum atomic E-state index is -3.52. The van der Waals surface area contributed by atoms with E-state index in [2.05, 4.69) is 5.32 Å². The van der Waals surface area contributed by atoms with Crippen LogP contribution >= 0.6 is 0 Å². The van der Waals surface area contributed by atoms with E-state index in [1.807, 2.05) is 49.7 Å². The van der Waals surface area contributed by atoms with Crippen LogP contribution in [0.2, 0.25) is 0 Å². The molecule has 1 N–H and O–H groups in total. The van der Waals surface area contributed by atoms with Crippen LogP contribution in [0.15, 0.2) is 47.6 Å². The molecule has 1 aliphatic rings. The summed E-state index contributed by atoms with van der Waals surface area (Å²) in [6.45, 7) is 7.55. The van der Waals surface area contributed by atoms with Crippen molar-refractivity contribution in [2.75, 3.05) is 18.4 Å². The third-order valence-electron chi connectivity index (χ3n) is 5.45. The summed E-state index contributed by atoms with van der Waals surface area (Å²) in [5.41, 5.74) is 3.54. The molecular formula is C23H30N4O3S. The maximum Gasteiger partial charge on any atom is 0.243 e. The van der Waals surface area contributed by atoms with Crippen molar-refractivity contribution in [1.29, 1.82) is 0 Å². The molecule has 31 heavy (non-hydrogen) atoms. The van der Waals surface area contributed by atoms with Gasteiger partial charge < -0.3 is 14.5 Å². The average molecular weight is 443 g/mol. The third-order valence-corrected chi connectivity index (χ3v) is 7.35. The van der Waals surface area contributed by atoms with Crippen molar-refractivity contribution >= 4 is 21.4 Å². The first kappa shape index (κ1) is 21.6. The van der Waals surface area contributed by atoms with Crippen LogP contribution < -0.4 is 10.1 Å². The molecule has 0 unspecified atom stereocenters. The van der Waals surface area contributed by atoms with Crippen molar-refractivity contribution in [3.05, 3.63) is 54.0 Å². The van der Waals surface area contributed by atoms with E-state index < -0.39 is 10.0 Å². The summed E-state index contributed by atoms with van der Waals surface area (Å²) >= 11 is 0. The number of sulfonamides is 1. The van der Waals surface area contributed by atoms with Gasteiger partial charge in [-0.3, -0.25) is 0 Å². The number of hydrogen-bond acceptors (Lipinski definition) is 5. The first-order valence-corrected chi connectivity index (χ1v) is 12.3. The Morgan fingerprint density at radius 1 is 1.16 bits per heavy atom. The second-order valence-corrected chi connectivity index (χ2v) is 10.2. The molecule has 166 valence electrons. The molecule has 0 saturated carbocycles. The number of anilines is 1. The van der Waals surface area contributed by atoms with Gasteiger partial charge in [-0.15, -0.1) is 0 Å². The molecule has 2 aromatic heterocycles. The molecule has 3 aromatic rings. The number of benzene rings is 1. The van der Waals surface area contributed by atoms with Crippen LogP contribution in [0.4, 0.5) is 5.69 Å². The number of fused-ring (bicyclic) bond motifs is 1. The molecule has 1 fully saturated rings. The highest BCUT2D eigenvalue weighted by Crippen LogP contribution is 2.31. The Kier molecular flexibility index (Phi) is 6.20. The highest BCUT2D eigenvalue weighted by atomic mass is 32.2. The zero-order valence-electron chi connectivity index (χ0n) is 18.3. The van der Waals surface area contributed by atoms with Gasteiger partial charge in [0.2, 0.25) is 10.0 Å². The Morgan fingerprint density at radius 2 is 1.94 bits per heavy atom. The first-order chi connectivity index (χ1) is 14.8. The van der Waals surface area contributed by atoms with E-state index in [1.165, 1.54) is 0 Å². The Hall–Kier alpha value is -2.58. The van der Waals surface area contributed by atoms with Crippen LogP contribution in [-0.4, -0.2) is 41.3 Å². The number of aromatic nitrogens is 2. The Bertz CT molecular complexity index is 1160. The lowest BCUT2D eigenvalue weighted by Crippen LogP contribution is -2.35. The minimum absolute atomic E-state index is 0.0251. The molecule has 0 radical (unpaired) electrons. The molecule has 4 rings (SSSR count). The van der Waals surface area contributed by atoms with Gasteiger partial charge in [0.25, 0.3) is 0 Å². The molecule has 7 nitrogen and oxygen atoms in total. The number of hydrogen-bond donors (Lipinski definition) is 1. The molecule has 0 amide bonds. The number of pyridine rings is 1. The van der Waals surface area contributed by atoms with E-state index >= 15 is 0 Å². The lowest BCUT2D eigenvalue weighted by molar-refractivity contribution is 0.243. The molecule has 0 spiro atoms. The van der Waals surface area contributed by atoms with Crippen molar-refractivity contribution < 1.29 is 13.2 Å². The summed E-state index contributed by atoms with van der Waals surface area (Å²) in [6, 6.07) is 9.09. The van der Waals surface area contributed by atoms with Crippen LogP contribution in [0.1, 0.15) is 44.4 Å². The molecule has 0 bridgehead atoms. The van der Waals surface area contributed by atoms with Crippen LogP contribution in [-0.2, 0) is 16.6 Å². The SMILES string of the molecule is Cc1cccn2cc(CNc3cc(S(=O)(=O)N4CCCCC4)ccc3OC(C)C)nc12. The molecule has 0 atom stereocenters. The fraction of sp³-hybridized carbons (Fsp3) is 0.435. The summed E-state index contributed by atoms with van der Waals surface area (Å²) in [5, 5.41) is 3.35. The quantitative estimate of drug-likeness (QED) is 0.593. The van der Waals surface area contributed by atoms with Crippen molar-refractivity contribution in [3.63, 3.8) is 0 Å². The van der Waals surface area contributed by atoms with Crippen molar-refractivity contribution in [1.82, 2.24) is 13.7 Å². The minimum Gasteiger partial charge on any atom is -0.489 e. The summed E-state index contributed by atoms with van der Waals surface area (Å²) < 4.78 is 35.8. The summed E-state index contributed by atoms with van der Waals surface area (Å²) in [6.07, 6.45) is 6.82.